The van der Waals surface area contributed by atoms with Crippen molar-refractivity contribution in [2.24, 2.45) is 5.73 Å². The standard InChI is InChI=1S/C18H29NO2/c1-16(2,3)12-9-13(17(4,5)6)11-14(10-12)21-18(7,8)15(19)20/h9-11H,1-8H3,(H2,19,20). The molecule has 3 heteroatoms. The third-order valence-electron chi connectivity index (χ3n) is 3.60. The minimum Gasteiger partial charge on any atom is -0.478 e. The average molecular weight is 291 g/mol. The maximum absolute atomic E-state index is 11.5. The van der Waals surface area contributed by atoms with Gasteiger partial charge in [0.05, 0.1) is 0 Å². The first-order valence-corrected chi connectivity index (χ1v) is 7.38. The van der Waals surface area contributed by atoms with Crippen molar-refractivity contribution >= 4 is 5.91 Å². The molecule has 1 rings (SSSR count). The number of hydrogen-bond donors (Lipinski definition) is 1. The van der Waals surface area contributed by atoms with E-state index in [1.165, 1.54) is 11.1 Å². The highest BCUT2D eigenvalue weighted by atomic mass is 16.5. The predicted molar refractivity (Wildman–Crippen MR) is 87.7 cm³/mol. The van der Waals surface area contributed by atoms with Gasteiger partial charge in [0.25, 0.3) is 5.91 Å². The second-order valence-electron chi connectivity index (χ2n) is 8.22. The summed E-state index contributed by atoms with van der Waals surface area (Å²) in [6.07, 6.45) is 0. The summed E-state index contributed by atoms with van der Waals surface area (Å²) in [5, 5.41) is 0. The van der Waals surface area contributed by atoms with E-state index in [0.29, 0.717) is 5.75 Å². The highest BCUT2D eigenvalue weighted by Crippen LogP contribution is 2.34. The van der Waals surface area contributed by atoms with Gasteiger partial charge in [-0.15, -0.1) is 0 Å². The van der Waals surface area contributed by atoms with Crippen molar-refractivity contribution in [3.63, 3.8) is 0 Å². The number of ether oxygens (including phenoxy) is 1. The monoisotopic (exact) mass is 291 g/mol. The van der Waals surface area contributed by atoms with Crippen molar-refractivity contribution in [2.75, 3.05) is 0 Å². The fraction of sp³-hybridized carbons (Fsp3) is 0.611. The van der Waals surface area contributed by atoms with Gasteiger partial charge in [0.1, 0.15) is 5.75 Å². The van der Waals surface area contributed by atoms with Gasteiger partial charge in [-0.3, -0.25) is 4.79 Å². The molecule has 0 spiro atoms. The van der Waals surface area contributed by atoms with Crippen LogP contribution in [0.4, 0.5) is 0 Å². The molecule has 2 N–H and O–H groups in total. The average Bonchev–Trinajstić information content (AvgIpc) is 2.25. The molecule has 1 amide bonds. The van der Waals surface area contributed by atoms with Crippen molar-refractivity contribution in [3.8, 4) is 5.75 Å². The Kier molecular flexibility index (Phi) is 4.48. The molecule has 0 aliphatic heterocycles. The topological polar surface area (TPSA) is 52.3 Å². The van der Waals surface area contributed by atoms with Crippen molar-refractivity contribution in [1.82, 2.24) is 0 Å². The van der Waals surface area contributed by atoms with E-state index >= 15 is 0 Å². The van der Waals surface area contributed by atoms with Crippen LogP contribution in [0, 0.1) is 0 Å². The molecule has 0 radical (unpaired) electrons. The highest BCUT2D eigenvalue weighted by molar-refractivity contribution is 5.82. The van der Waals surface area contributed by atoms with Gasteiger partial charge in [0.2, 0.25) is 0 Å². The summed E-state index contributed by atoms with van der Waals surface area (Å²) in [5.41, 5.74) is 6.77. The van der Waals surface area contributed by atoms with E-state index in [1.807, 2.05) is 12.1 Å². The molecule has 1 aromatic carbocycles. The zero-order valence-corrected chi connectivity index (χ0v) is 14.6. The Bertz CT molecular complexity index is 499. The lowest BCUT2D eigenvalue weighted by molar-refractivity contribution is -0.130. The third kappa shape index (κ3) is 4.48. The summed E-state index contributed by atoms with van der Waals surface area (Å²) in [4.78, 5) is 11.5. The van der Waals surface area contributed by atoms with Crippen molar-refractivity contribution in [1.29, 1.82) is 0 Å². The van der Waals surface area contributed by atoms with Crippen LogP contribution in [-0.4, -0.2) is 11.5 Å². The summed E-state index contributed by atoms with van der Waals surface area (Å²) in [6.45, 7) is 16.4. The zero-order chi connectivity index (χ0) is 16.6. The smallest absolute Gasteiger partial charge is 0.261 e. The molecule has 1 aromatic rings. The number of rotatable bonds is 3. The SMILES string of the molecule is CC(C)(Oc1cc(C(C)(C)C)cc(C(C)(C)C)c1)C(N)=O. The molecule has 3 nitrogen and oxygen atoms in total. The first-order chi connectivity index (χ1) is 9.23. The number of amides is 1. The van der Waals surface area contributed by atoms with E-state index in [2.05, 4.69) is 47.6 Å². The zero-order valence-electron chi connectivity index (χ0n) is 14.6. The molecular formula is C18H29NO2. The van der Waals surface area contributed by atoms with E-state index in [-0.39, 0.29) is 10.8 Å². The Balaban J connectivity index is 3.36. The number of carbonyl (C=O) groups excluding carboxylic acids is 1. The Morgan fingerprint density at radius 3 is 1.52 bits per heavy atom. The van der Waals surface area contributed by atoms with Crippen LogP contribution >= 0.6 is 0 Å². The third-order valence-corrected chi connectivity index (χ3v) is 3.60. The summed E-state index contributed by atoms with van der Waals surface area (Å²) >= 11 is 0. The lowest BCUT2D eigenvalue weighted by Gasteiger charge is -2.28. The Morgan fingerprint density at radius 2 is 1.24 bits per heavy atom. The first-order valence-electron chi connectivity index (χ1n) is 7.38. The fourth-order valence-electron chi connectivity index (χ4n) is 1.87. The summed E-state index contributed by atoms with van der Waals surface area (Å²) < 4.78 is 5.86. The van der Waals surface area contributed by atoms with E-state index in [0.717, 1.165) is 0 Å². The number of benzene rings is 1. The van der Waals surface area contributed by atoms with Gasteiger partial charge in [-0.1, -0.05) is 47.6 Å². The molecule has 0 atom stereocenters. The maximum Gasteiger partial charge on any atom is 0.261 e. The van der Waals surface area contributed by atoms with Crippen molar-refractivity contribution in [2.45, 2.75) is 71.8 Å². The minimum atomic E-state index is -1.02. The van der Waals surface area contributed by atoms with Crippen LogP contribution in [0.15, 0.2) is 18.2 Å². The first kappa shape index (κ1) is 17.5. The Hall–Kier alpha value is -1.51. The normalized spacial score (nSPS) is 13.1. The molecule has 0 saturated carbocycles. The van der Waals surface area contributed by atoms with E-state index in [9.17, 15) is 4.79 Å². The van der Waals surface area contributed by atoms with Crippen molar-refractivity contribution < 1.29 is 9.53 Å². The highest BCUT2D eigenvalue weighted by Gasteiger charge is 2.28. The maximum atomic E-state index is 11.5. The molecule has 0 aliphatic carbocycles. The second kappa shape index (κ2) is 5.36. The molecule has 0 unspecified atom stereocenters. The predicted octanol–water partition coefficient (Wildman–Crippen LogP) is 3.92. The lowest BCUT2D eigenvalue weighted by atomic mass is 9.80. The number of nitrogens with two attached hydrogens (primary N) is 1. The molecule has 0 aliphatic rings. The summed E-state index contributed by atoms with van der Waals surface area (Å²) in [6, 6.07) is 6.21. The number of hydrogen-bond acceptors (Lipinski definition) is 2. The van der Waals surface area contributed by atoms with Gasteiger partial charge in [-0.25, -0.2) is 0 Å². The summed E-state index contributed by atoms with van der Waals surface area (Å²) in [5.74, 6) is 0.220. The van der Waals surface area contributed by atoms with Gasteiger partial charge < -0.3 is 10.5 Å². The van der Waals surface area contributed by atoms with Crippen LogP contribution in [0.1, 0.15) is 66.5 Å². The fourth-order valence-corrected chi connectivity index (χ4v) is 1.87. The molecule has 118 valence electrons. The lowest BCUT2D eigenvalue weighted by Crippen LogP contribution is -2.43. The van der Waals surface area contributed by atoms with Gasteiger partial charge in [0.15, 0.2) is 5.60 Å². The van der Waals surface area contributed by atoms with Crippen molar-refractivity contribution in [3.05, 3.63) is 29.3 Å². The van der Waals surface area contributed by atoms with Crippen LogP contribution in [0.5, 0.6) is 5.75 Å². The van der Waals surface area contributed by atoms with Gasteiger partial charge in [0, 0.05) is 0 Å². The van der Waals surface area contributed by atoms with E-state index < -0.39 is 11.5 Å². The number of carbonyl (C=O) groups is 1. The van der Waals surface area contributed by atoms with Crippen LogP contribution in [-0.2, 0) is 15.6 Å². The molecule has 0 bridgehead atoms. The van der Waals surface area contributed by atoms with Gasteiger partial charge in [-0.05, 0) is 47.9 Å². The van der Waals surface area contributed by atoms with Crippen LogP contribution < -0.4 is 10.5 Å². The Labute approximate surface area is 128 Å². The molecule has 21 heavy (non-hydrogen) atoms. The largest absolute Gasteiger partial charge is 0.478 e. The molecule has 0 fully saturated rings. The van der Waals surface area contributed by atoms with Gasteiger partial charge in [-0.2, -0.15) is 0 Å². The molecular weight excluding hydrogens is 262 g/mol. The second-order valence-corrected chi connectivity index (χ2v) is 8.22. The van der Waals surface area contributed by atoms with Crippen LogP contribution in [0.2, 0.25) is 0 Å². The minimum absolute atomic E-state index is 0.0102. The van der Waals surface area contributed by atoms with Crippen LogP contribution in [0.3, 0.4) is 0 Å². The summed E-state index contributed by atoms with van der Waals surface area (Å²) in [7, 11) is 0. The Morgan fingerprint density at radius 1 is 0.857 bits per heavy atom. The van der Waals surface area contributed by atoms with Gasteiger partial charge >= 0.3 is 0 Å². The molecule has 0 heterocycles. The van der Waals surface area contributed by atoms with Crippen LogP contribution in [0.25, 0.3) is 0 Å². The number of primary amides is 1. The molecule has 0 aromatic heterocycles. The molecule has 0 saturated heterocycles. The van der Waals surface area contributed by atoms with E-state index in [4.69, 9.17) is 10.5 Å². The van der Waals surface area contributed by atoms with E-state index in [1.54, 1.807) is 13.8 Å². The quantitative estimate of drug-likeness (QED) is 0.917.